The van der Waals surface area contributed by atoms with Crippen LogP contribution in [0.5, 0.6) is 11.5 Å². The number of methoxy groups -OCH3 is 2. The van der Waals surface area contributed by atoms with E-state index in [4.69, 9.17) is 25.4 Å². The molecule has 2 aromatic heterocycles. The quantitative estimate of drug-likeness (QED) is 0.0310. The Bertz CT molecular complexity index is 3350. The first-order chi connectivity index (χ1) is 40.3. The number of anilines is 4. The predicted molar refractivity (Wildman–Crippen MR) is 313 cm³/mol. The summed E-state index contributed by atoms with van der Waals surface area (Å²) >= 11 is 0. The van der Waals surface area contributed by atoms with Crippen LogP contribution in [0.15, 0.2) is 84.9 Å². The van der Waals surface area contributed by atoms with Gasteiger partial charge in [0.15, 0.2) is 0 Å². The predicted octanol–water partition coefficient (Wildman–Crippen LogP) is 8.39. The third kappa shape index (κ3) is 19.3. The third-order valence-corrected chi connectivity index (χ3v) is 13.7. The number of nitrogens with two attached hydrogens (primary N) is 1. The molecule has 0 aliphatic carbocycles. The number of carboxylic acid groups (broad SMARTS) is 1. The summed E-state index contributed by atoms with van der Waals surface area (Å²) < 4.78 is 123. The molecule has 2 aliphatic rings. The molecule has 4 aromatic carbocycles. The van der Waals surface area contributed by atoms with Gasteiger partial charge in [0.25, 0.3) is 5.91 Å². The highest BCUT2D eigenvalue weighted by atomic mass is 19.4. The number of nitrogens with one attached hydrogen (secondary N) is 5. The second-order valence-corrected chi connectivity index (χ2v) is 20.7. The number of carbonyl (C=O) groups is 2. The lowest BCUT2D eigenvalue weighted by Crippen LogP contribution is -2.46. The van der Waals surface area contributed by atoms with E-state index >= 15 is 0 Å². The molecule has 6 aromatic rings. The Balaban J connectivity index is 0.000000253. The van der Waals surface area contributed by atoms with E-state index in [0.29, 0.717) is 81.0 Å². The van der Waals surface area contributed by atoms with Gasteiger partial charge in [0, 0.05) is 67.0 Å². The fourth-order valence-electron chi connectivity index (χ4n) is 9.40. The van der Waals surface area contributed by atoms with Crippen LogP contribution in [0.2, 0.25) is 0 Å². The standard InChI is InChI=1S/C30H35F4N5O3.C27H28F4N4O3.C3H9NO/c1-19(40)16-36-29(41)20-9-10-26(28(14-20)42-3)35-12-5-6-21-15-22-24(37-25-11-13-38(2)17-23(25)31)7-4-8-27(22)39(21)18-30(32,33)34;1-34-12-10-22(20(28)15-34)33-21-6-3-7-24-19(21)14-18(35(24)16-27(29,30)31)5-4-11-32-23-9-8-17(26(36)37)13-25(23)38-2;1-3(5)2-4/h4,7-10,14-15,19,23,25,35,37,40H,11-13,16-18H2,1-3H3,(H,36,41);3,6-9,13-14,20,22,32-33H,10-12,15-16H2,1-2H3,(H,36,37);3,5H,2,4H2,1H3/t19-,23-,25+;20-,22+;3-/m000/s1. The number of amides is 1. The van der Waals surface area contributed by atoms with Crippen LogP contribution in [-0.2, 0) is 13.1 Å². The van der Waals surface area contributed by atoms with Gasteiger partial charge >= 0.3 is 18.3 Å². The van der Waals surface area contributed by atoms with E-state index in [1.54, 1.807) is 74.5 Å². The molecule has 0 radical (unpaired) electrons. The normalized spacial score (nSPS) is 17.9. The maximum absolute atomic E-state index is 14.7. The van der Waals surface area contributed by atoms with E-state index in [-0.39, 0.29) is 61.7 Å². The molecule has 17 nitrogen and oxygen atoms in total. The van der Waals surface area contributed by atoms with E-state index in [2.05, 4.69) is 50.3 Å². The number of aliphatic hydroxyl groups excluding tert-OH is 2. The number of halogens is 8. The molecular formula is C60H72F8N10O7. The summed E-state index contributed by atoms with van der Waals surface area (Å²) in [5.41, 5.74) is 8.51. The first kappa shape index (κ1) is 66.2. The number of aromatic carboxylic acids is 1. The lowest BCUT2D eigenvalue weighted by atomic mass is 10.0. The molecule has 2 aliphatic heterocycles. The Morgan fingerprint density at radius 2 is 1.08 bits per heavy atom. The number of piperidine rings is 2. The summed E-state index contributed by atoms with van der Waals surface area (Å²) in [6, 6.07) is 21.3. The molecule has 4 heterocycles. The lowest BCUT2D eigenvalue weighted by molar-refractivity contribution is -0.140. The van der Waals surface area contributed by atoms with E-state index in [9.17, 15) is 49.8 Å². The largest absolute Gasteiger partial charge is 0.495 e. The van der Waals surface area contributed by atoms with Crippen LogP contribution in [0.4, 0.5) is 57.9 Å². The minimum atomic E-state index is -4.47. The van der Waals surface area contributed by atoms with E-state index in [0.717, 1.165) is 22.2 Å². The smallest absolute Gasteiger partial charge is 0.406 e. The fraction of sp³-hybridized carbons (Fsp3) is 0.433. The summed E-state index contributed by atoms with van der Waals surface area (Å²) in [4.78, 5) is 27.3. The van der Waals surface area contributed by atoms with Gasteiger partial charge in [0.05, 0.1) is 91.0 Å². The Hall–Kier alpha value is -7.94. The van der Waals surface area contributed by atoms with Crippen molar-refractivity contribution in [2.75, 3.05) is 102 Å². The van der Waals surface area contributed by atoms with Crippen molar-refractivity contribution in [1.29, 1.82) is 0 Å². The summed E-state index contributed by atoms with van der Waals surface area (Å²) in [5.74, 6) is 10.6. The van der Waals surface area contributed by atoms with E-state index < -0.39 is 61.9 Å². The molecule has 2 fully saturated rings. The molecule has 8 rings (SSSR count). The van der Waals surface area contributed by atoms with Gasteiger partial charge in [-0.2, -0.15) is 26.3 Å². The van der Waals surface area contributed by atoms with Crippen molar-refractivity contribution in [2.45, 2.75) is 88.8 Å². The third-order valence-electron chi connectivity index (χ3n) is 13.7. The summed E-state index contributed by atoms with van der Waals surface area (Å²) in [5, 5.41) is 42.9. The van der Waals surface area contributed by atoms with Gasteiger partial charge in [-0.25, -0.2) is 13.6 Å². The topological polar surface area (TPSA) is 216 Å². The highest BCUT2D eigenvalue weighted by Gasteiger charge is 2.33. The van der Waals surface area contributed by atoms with Crippen LogP contribution < -0.4 is 41.8 Å². The number of nitrogens with zero attached hydrogens (tertiary/aromatic N) is 4. The van der Waals surface area contributed by atoms with Gasteiger partial charge in [-0.1, -0.05) is 24.0 Å². The zero-order chi connectivity index (χ0) is 62.2. The van der Waals surface area contributed by atoms with Crippen molar-refractivity contribution in [3.8, 4) is 35.2 Å². The molecule has 10 N–H and O–H groups in total. The molecule has 460 valence electrons. The number of aliphatic hydroxyl groups is 2. The number of aromatic nitrogens is 2. The number of rotatable bonds is 17. The number of ether oxygens (including phenoxy) is 2. The fourth-order valence-corrected chi connectivity index (χ4v) is 9.40. The number of alkyl halides is 8. The van der Waals surface area contributed by atoms with Gasteiger partial charge in [-0.15, -0.1) is 0 Å². The highest BCUT2D eigenvalue weighted by molar-refractivity contribution is 5.96. The Kier molecular flexibility index (Phi) is 23.5. The molecule has 0 bridgehead atoms. The van der Waals surface area contributed by atoms with Crippen LogP contribution >= 0.6 is 0 Å². The Morgan fingerprint density at radius 1 is 0.659 bits per heavy atom. The summed E-state index contributed by atoms with van der Waals surface area (Å²) in [7, 11) is 6.55. The molecule has 1 amide bonds. The van der Waals surface area contributed by atoms with Gasteiger partial charge < -0.3 is 76.0 Å². The van der Waals surface area contributed by atoms with Gasteiger partial charge in [0.2, 0.25) is 0 Å². The van der Waals surface area contributed by atoms with E-state index in [1.165, 1.54) is 38.5 Å². The van der Waals surface area contributed by atoms with Crippen molar-refractivity contribution >= 4 is 56.4 Å². The van der Waals surface area contributed by atoms with Crippen LogP contribution in [-0.4, -0.2) is 176 Å². The first-order valence-electron chi connectivity index (χ1n) is 27.2. The molecular weight excluding hydrogens is 1120 g/mol. The zero-order valence-corrected chi connectivity index (χ0v) is 47.9. The molecule has 25 heteroatoms. The SMILES string of the molecule is COc1cc(C(=O)NC[C@H](C)O)ccc1NCC#Cc1cc2c(N[C@@H]3CCN(C)C[C@@H]3F)cccc2n1CC(F)(F)F.COc1cc(C(=O)O)ccc1NCC#Cc1cc2c(N[C@@H]3CCN(C)C[C@@H]3F)cccc2n1CC(F)(F)F.C[C@H](O)CN. The highest BCUT2D eigenvalue weighted by Crippen LogP contribution is 2.34. The summed E-state index contributed by atoms with van der Waals surface area (Å²) in [6.45, 7) is 3.41. The van der Waals surface area contributed by atoms with Crippen LogP contribution in [0.1, 0.15) is 58.8 Å². The molecule has 0 saturated carbocycles. The molecule has 0 unspecified atom stereocenters. The Labute approximate surface area is 487 Å². The minimum Gasteiger partial charge on any atom is -0.495 e. The minimum absolute atomic E-state index is 0.0545. The maximum atomic E-state index is 14.7. The monoisotopic (exact) mass is 1200 g/mol. The average Bonchev–Trinajstić information content (AvgIpc) is 3.02. The van der Waals surface area contributed by atoms with Crippen LogP contribution in [0.3, 0.4) is 0 Å². The molecule has 85 heavy (non-hydrogen) atoms. The number of fused-ring (bicyclic) bond motifs is 2. The van der Waals surface area contributed by atoms with Crippen molar-refractivity contribution in [2.24, 2.45) is 5.73 Å². The van der Waals surface area contributed by atoms with Crippen molar-refractivity contribution in [3.63, 3.8) is 0 Å². The number of carboxylic acids is 1. The number of hydrogen-bond acceptors (Lipinski definition) is 13. The molecule has 6 atom stereocenters. The second-order valence-electron chi connectivity index (χ2n) is 20.7. The summed E-state index contributed by atoms with van der Waals surface area (Å²) in [6.07, 6.45) is -11.0. The molecule has 0 spiro atoms. The number of benzene rings is 4. The van der Waals surface area contributed by atoms with Crippen molar-refractivity contribution in [1.82, 2.24) is 24.3 Å². The van der Waals surface area contributed by atoms with Crippen molar-refractivity contribution in [3.05, 3.63) is 107 Å². The van der Waals surface area contributed by atoms with Gasteiger partial charge in [-0.05, 0) is 125 Å². The van der Waals surface area contributed by atoms with Gasteiger partial charge in [-0.3, -0.25) is 4.79 Å². The number of hydrogen-bond donors (Lipinski definition) is 9. The lowest BCUT2D eigenvalue weighted by Gasteiger charge is -2.33. The number of carbonyl (C=O) groups excluding carboxylic acids is 1. The first-order valence-corrected chi connectivity index (χ1v) is 27.2. The van der Waals surface area contributed by atoms with Crippen LogP contribution in [0.25, 0.3) is 21.8 Å². The Morgan fingerprint density at radius 3 is 1.46 bits per heavy atom. The average molecular weight is 1200 g/mol. The van der Waals surface area contributed by atoms with Crippen LogP contribution in [0, 0.1) is 23.7 Å². The second kappa shape index (κ2) is 30.2. The maximum Gasteiger partial charge on any atom is 0.406 e. The zero-order valence-electron chi connectivity index (χ0n) is 47.9. The molecule has 2 saturated heterocycles. The van der Waals surface area contributed by atoms with E-state index in [1.807, 2.05) is 23.9 Å². The van der Waals surface area contributed by atoms with Crippen molar-refractivity contribution < 1.29 is 69.5 Å². The van der Waals surface area contributed by atoms with Gasteiger partial charge in [0.1, 0.15) is 36.9 Å². The number of likely N-dealkylation sites (tertiary alicyclic amines) is 2.